The number of hydrogen-bond acceptors (Lipinski definition) is 5. The maximum Gasteiger partial charge on any atom is 0.232 e. The second kappa shape index (κ2) is 7.95. The quantitative estimate of drug-likeness (QED) is 0.736. The Bertz CT molecular complexity index is 585. The number of ketones is 1. The highest BCUT2D eigenvalue weighted by molar-refractivity contribution is 8.00. The zero-order valence-corrected chi connectivity index (χ0v) is 13.3. The van der Waals surface area contributed by atoms with E-state index in [9.17, 15) is 9.59 Å². The maximum absolute atomic E-state index is 12.0. The van der Waals surface area contributed by atoms with Crippen molar-refractivity contribution in [3.63, 3.8) is 0 Å². The number of nitrogens with zero attached hydrogens (tertiary/aromatic N) is 2. The van der Waals surface area contributed by atoms with Gasteiger partial charge in [-0.2, -0.15) is 0 Å². The highest BCUT2D eigenvalue weighted by Crippen LogP contribution is 2.10. The molecule has 4 nitrogen and oxygen atoms in total. The second-order valence-electron chi connectivity index (χ2n) is 4.51. The van der Waals surface area contributed by atoms with Crippen LogP contribution in [-0.4, -0.2) is 40.1 Å². The van der Waals surface area contributed by atoms with Crippen LogP contribution < -0.4 is 0 Å². The summed E-state index contributed by atoms with van der Waals surface area (Å²) >= 11 is 2.86. The van der Waals surface area contributed by atoms with Gasteiger partial charge in [0.25, 0.3) is 0 Å². The molecular weight excluding hydrogens is 304 g/mol. The molecule has 0 saturated carbocycles. The van der Waals surface area contributed by atoms with Gasteiger partial charge in [-0.3, -0.25) is 9.59 Å². The lowest BCUT2D eigenvalue weighted by atomic mass is 10.2. The fourth-order valence-corrected chi connectivity index (χ4v) is 3.09. The first-order valence-corrected chi connectivity index (χ1v) is 8.53. The number of amides is 1. The zero-order valence-electron chi connectivity index (χ0n) is 11.7. The number of aromatic nitrogens is 1. The van der Waals surface area contributed by atoms with Crippen molar-refractivity contribution in [1.29, 1.82) is 0 Å². The number of hydrogen-bond donors (Lipinski definition) is 0. The number of carbonyl (C=O) groups is 2. The van der Waals surface area contributed by atoms with Crippen molar-refractivity contribution in [2.45, 2.75) is 6.54 Å². The van der Waals surface area contributed by atoms with Crippen LogP contribution in [-0.2, 0) is 11.3 Å². The van der Waals surface area contributed by atoms with Crippen molar-refractivity contribution in [2.24, 2.45) is 0 Å². The number of thioether (sulfide) groups is 1. The molecule has 21 heavy (non-hydrogen) atoms. The summed E-state index contributed by atoms with van der Waals surface area (Å²) in [5.74, 6) is 0.684. The normalized spacial score (nSPS) is 10.3. The Kier molecular flexibility index (Phi) is 5.95. The predicted molar refractivity (Wildman–Crippen MR) is 86.7 cm³/mol. The lowest BCUT2D eigenvalue weighted by Gasteiger charge is -2.15. The Morgan fingerprint density at radius 2 is 2.00 bits per heavy atom. The molecule has 1 heterocycles. The van der Waals surface area contributed by atoms with E-state index in [1.807, 2.05) is 23.6 Å². The van der Waals surface area contributed by atoms with Gasteiger partial charge < -0.3 is 4.90 Å². The molecular formula is C15H16N2O2S2. The molecule has 0 fully saturated rings. The van der Waals surface area contributed by atoms with Crippen LogP contribution in [0.4, 0.5) is 0 Å². The van der Waals surface area contributed by atoms with Crippen molar-refractivity contribution in [1.82, 2.24) is 9.88 Å². The molecule has 0 aliphatic carbocycles. The summed E-state index contributed by atoms with van der Waals surface area (Å²) in [7, 11) is 1.75. The van der Waals surface area contributed by atoms with Crippen LogP contribution in [0.2, 0.25) is 0 Å². The Morgan fingerprint density at radius 3 is 2.67 bits per heavy atom. The third-order valence-electron chi connectivity index (χ3n) is 2.86. The molecule has 0 unspecified atom stereocenters. The monoisotopic (exact) mass is 320 g/mol. The molecule has 110 valence electrons. The highest BCUT2D eigenvalue weighted by Gasteiger charge is 2.12. The summed E-state index contributed by atoms with van der Waals surface area (Å²) in [6, 6.07) is 9.13. The topological polar surface area (TPSA) is 50.3 Å². The fraction of sp³-hybridized carbons (Fsp3) is 0.267. The lowest BCUT2D eigenvalue weighted by Crippen LogP contribution is -2.28. The highest BCUT2D eigenvalue weighted by atomic mass is 32.2. The van der Waals surface area contributed by atoms with Crippen LogP contribution >= 0.6 is 23.1 Å². The molecule has 0 saturated heterocycles. The van der Waals surface area contributed by atoms with Gasteiger partial charge in [-0.25, -0.2) is 4.98 Å². The van der Waals surface area contributed by atoms with Crippen molar-refractivity contribution in [2.75, 3.05) is 18.6 Å². The van der Waals surface area contributed by atoms with Gasteiger partial charge in [-0.15, -0.1) is 23.1 Å². The molecule has 1 aromatic carbocycles. The first-order chi connectivity index (χ1) is 10.2. The molecule has 2 rings (SSSR count). The summed E-state index contributed by atoms with van der Waals surface area (Å²) in [5.41, 5.74) is 3.33. The predicted octanol–water partition coefficient (Wildman–Crippen LogP) is 2.72. The Balaban J connectivity index is 1.73. The van der Waals surface area contributed by atoms with Gasteiger partial charge in [0.15, 0.2) is 5.78 Å². The molecule has 0 aliphatic heterocycles. The number of rotatable bonds is 7. The first-order valence-electron chi connectivity index (χ1n) is 6.44. The minimum atomic E-state index is 0.00821. The van der Waals surface area contributed by atoms with Crippen molar-refractivity contribution in [3.8, 4) is 0 Å². The van der Waals surface area contributed by atoms with Crippen molar-refractivity contribution >= 4 is 34.8 Å². The first kappa shape index (κ1) is 15.7. The standard InChI is InChI=1S/C15H16N2O2S2/c1-17(7-13-8-21-11-16-13)15(19)10-20-9-14(18)12-5-3-2-4-6-12/h2-6,8,11H,7,9-10H2,1H3. The minimum Gasteiger partial charge on any atom is -0.339 e. The van der Waals surface area contributed by atoms with Gasteiger partial charge in [-0.1, -0.05) is 30.3 Å². The molecule has 0 N–H and O–H groups in total. The Hall–Kier alpha value is -1.66. The number of Topliss-reactive ketones (excluding diaryl/α,β-unsaturated/α-hetero) is 1. The summed E-state index contributed by atoms with van der Waals surface area (Å²) in [4.78, 5) is 29.6. The van der Waals surface area contributed by atoms with Gasteiger partial charge in [0.05, 0.1) is 29.3 Å². The Morgan fingerprint density at radius 1 is 1.24 bits per heavy atom. The van der Waals surface area contributed by atoms with E-state index in [-0.39, 0.29) is 11.7 Å². The SMILES string of the molecule is CN(Cc1cscn1)C(=O)CSCC(=O)c1ccccc1. The molecule has 0 atom stereocenters. The molecule has 0 spiro atoms. The average molecular weight is 320 g/mol. The third-order valence-corrected chi connectivity index (χ3v) is 4.42. The van der Waals surface area contributed by atoms with Crippen LogP contribution in [0, 0.1) is 0 Å². The number of thiazole rings is 1. The average Bonchev–Trinajstić information content (AvgIpc) is 3.00. The summed E-state index contributed by atoms with van der Waals surface area (Å²) in [6.07, 6.45) is 0. The second-order valence-corrected chi connectivity index (χ2v) is 6.22. The smallest absolute Gasteiger partial charge is 0.232 e. The van der Waals surface area contributed by atoms with Crippen LogP contribution in [0.15, 0.2) is 41.2 Å². The van der Waals surface area contributed by atoms with Crippen molar-refractivity contribution in [3.05, 3.63) is 52.5 Å². The van der Waals surface area contributed by atoms with E-state index in [1.54, 1.807) is 29.6 Å². The number of benzene rings is 1. The van der Waals surface area contributed by atoms with Crippen LogP contribution in [0.1, 0.15) is 16.1 Å². The van der Waals surface area contributed by atoms with E-state index < -0.39 is 0 Å². The molecule has 1 amide bonds. The third kappa shape index (κ3) is 4.99. The van der Waals surface area contributed by atoms with E-state index in [0.717, 1.165) is 5.69 Å². The number of carbonyl (C=O) groups excluding carboxylic acids is 2. The van der Waals surface area contributed by atoms with E-state index in [1.165, 1.54) is 23.1 Å². The van der Waals surface area contributed by atoms with Crippen molar-refractivity contribution < 1.29 is 9.59 Å². The largest absolute Gasteiger partial charge is 0.339 e. The van der Waals surface area contributed by atoms with Crippen LogP contribution in [0.25, 0.3) is 0 Å². The maximum atomic E-state index is 12.0. The lowest BCUT2D eigenvalue weighted by molar-refractivity contribution is -0.127. The summed E-state index contributed by atoms with van der Waals surface area (Å²) in [6.45, 7) is 0.509. The van der Waals surface area contributed by atoms with E-state index >= 15 is 0 Å². The zero-order chi connectivity index (χ0) is 15.1. The molecule has 0 aliphatic rings. The fourth-order valence-electron chi connectivity index (χ4n) is 1.70. The van der Waals surface area contributed by atoms with Gasteiger partial charge in [0, 0.05) is 18.0 Å². The van der Waals surface area contributed by atoms with E-state index in [4.69, 9.17) is 0 Å². The molecule has 6 heteroatoms. The molecule has 2 aromatic rings. The van der Waals surface area contributed by atoms with Crippen LogP contribution in [0.5, 0.6) is 0 Å². The van der Waals surface area contributed by atoms with E-state index in [2.05, 4.69) is 4.98 Å². The van der Waals surface area contributed by atoms with Crippen LogP contribution in [0.3, 0.4) is 0 Å². The molecule has 1 aromatic heterocycles. The van der Waals surface area contributed by atoms with Gasteiger partial charge in [0.2, 0.25) is 5.91 Å². The van der Waals surface area contributed by atoms with Gasteiger partial charge >= 0.3 is 0 Å². The Labute approximate surface area is 132 Å². The van der Waals surface area contributed by atoms with Gasteiger partial charge in [0.1, 0.15) is 0 Å². The van der Waals surface area contributed by atoms with Gasteiger partial charge in [-0.05, 0) is 0 Å². The minimum absolute atomic E-state index is 0.00821. The molecule has 0 radical (unpaired) electrons. The van der Waals surface area contributed by atoms with E-state index in [0.29, 0.717) is 23.6 Å². The summed E-state index contributed by atoms with van der Waals surface area (Å²) in [5, 5.41) is 1.93. The molecule has 0 bridgehead atoms. The summed E-state index contributed by atoms with van der Waals surface area (Å²) < 4.78 is 0.